The quantitative estimate of drug-likeness (QED) is 0.901. The maximum Gasteiger partial charge on any atom is 0.155 e. The van der Waals surface area contributed by atoms with Gasteiger partial charge in [-0.2, -0.15) is 4.68 Å². The van der Waals surface area contributed by atoms with E-state index in [9.17, 15) is 0 Å². The zero-order chi connectivity index (χ0) is 12.4. The van der Waals surface area contributed by atoms with Crippen LogP contribution in [0, 0.1) is 13.8 Å². The molecular formula is C11H14ClN5. The Kier molecular flexibility index (Phi) is 3.40. The molecule has 90 valence electrons. The van der Waals surface area contributed by atoms with Crippen molar-refractivity contribution in [2.75, 3.05) is 7.05 Å². The van der Waals surface area contributed by atoms with Gasteiger partial charge in [-0.3, -0.25) is 0 Å². The summed E-state index contributed by atoms with van der Waals surface area (Å²) in [7, 11) is 1.86. The van der Waals surface area contributed by atoms with Gasteiger partial charge in [-0.15, -0.1) is 5.10 Å². The molecule has 0 radical (unpaired) electrons. The second kappa shape index (κ2) is 4.81. The molecule has 0 unspecified atom stereocenters. The summed E-state index contributed by atoms with van der Waals surface area (Å²) in [6.45, 7) is 4.38. The van der Waals surface area contributed by atoms with Crippen LogP contribution in [0.15, 0.2) is 12.1 Å². The minimum atomic E-state index is 0.624. The first kappa shape index (κ1) is 12.0. The number of rotatable bonds is 3. The van der Waals surface area contributed by atoms with Gasteiger partial charge < -0.3 is 5.32 Å². The van der Waals surface area contributed by atoms with E-state index in [0.717, 1.165) is 23.2 Å². The van der Waals surface area contributed by atoms with Crippen LogP contribution in [0.5, 0.6) is 0 Å². The van der Waals surface area contributed by atoms with E-state index in [-0.39, 0.29) is 0 Å². The van der Waals surface area contributed by atoms with Gasteiger partial charge in [-0.05, 0) is 33.0 Å². The Labute approximate surface area is 105 Å². The Hall–Kier alpha value is -1.46. The molecule has 2 heterocycles. The van der Waals surface area contributed by atoms with Crippen molar-refractivity contribution in [1.29, 1.82) is 0 Å². The molecule has 2 aromatic heterocycles. The Morgan fingerprint density at radius 3 is 2.65 bits per heavy atom. The van der Waals surface area contributed by atoms with E-state index in [2.05, 4.69) is 20.4 Å². The first-order valence-corrected chi connectivity index (χ1v) is 5.70. The highest BCUT2D eigenvalue weighted by Gasteiger charge is 2.09. The minimum absolute atomic E-state index is 0.624. The van der Waals surface area contributed by atoms with Gasteiger partial charge in [-0.25, -0.2) is 9.97 Å². The van der Waals surface area contributed by atoms with Gasteiger partial charge in [0.15, 0.2) is 5.82 Å². The molecule has 0 spiro atoms. The van der Waals surface area contributed by atoms with Crippen molar-refractivity contribution >= 4 is 11.6 Å². The molecular weight excluding hydrogens is 238 g/mol. The summed E-state index contributed by atoms with van der Waals surface area (Å²) in [4.78, 5) is 8.72. The maximum absolute atomic E-state index is 6.06. The van der Waals surface area contributed by atoms with Crippen molar-refractivity contribution < 1.29 is 0 Å². The zero-order valence-corrected chi connectivity index (χ0v) is 10.8. The topological polar surface area (TPSA) is 55.6 Å². The normalized spacial score (nSPS) is 10.8. The highest BCUT2D eigenvalue weighted by Crippen LogP contribution is 2.16. The first-order valence-electron chi connectivity index (χ1n) is 5.32. The van der Waals surface area contributed by atoms with Crippen molar-refractivity contribution in [2.45, 2.75) is 20.4 Å². The third kappa shape index (κ3) is 2.45. The molecule has 0 atom stereocenters. The standard InChI is InChI=1S/C11H14ClN5/c1-7-14-8(2)17(16-7)11-5-4-9(12)10(15-11)6-13-3/h4-5,13H,6H2,1-3H3. The van der Waals surface area contributed by atoms with Gasteiger partial charge in [0, 0.05) is 6.54 Å². The minimum Gasteiger partial charge on any atom is -0.314 e. The van der Waals surface area contributed by atoms with Gasteiger partial charge in [0.25, 0.3) is 0 Å². The lowest BCUT2D eigenvalue weighted by Gasteiger charge is -2.06. The van der Waals surface area contributed by atoms with Gasteiger partial charge in [0.1, 0.15) is 11.6 Å². The molecule has 17 heavy (non-hydrogen) atoms. The molecule has 2 rings (SSSR count). The van der Waals surface area contributed by atoms with Gasteiger partial charge in [-0.1, -0.05) is 11.6 Å². The number of pyridine rings is 1. The highest BCUT2D eigenvalue weighted by atomic mass is 35.5. The molecule has 0 fully saturated rings. The molecule has 0 amide bonds. The van der Waals surface area contributed by atoms with E-state index in [1.807, 2.05) is 33.0 Å². The summed E-state index contributed by atoms with van der Waals surface area (Å²) < 4.78 is 1.71. The Morgan fingerprint density at radius 2 is 2.06 bits per heavy atom. The number of hydrogen-bond acceptors (Lipinski definition) is 4. The average molecular weight is 252 g/mol. The molecule has 0 saturated heterocycles. The van der Waals surface area contributed by atoms with Crippen molar-refractivity contribution in [1.82, 2.24) is 25.1 Å². The summed E-state index contributed by atoms with van der Waals surface area (Å²) in [5.41, 5.74) is 0.805. The molecule has 0 aliphatic heterocycles. The van der Waals surface area contributed by atoms with E-state index in [1.165, 1.54) is 0 Å². The summed E-state index contributed by atoms with van der Waals surface area (Å²) in [5, 5.41) is 7.97. The SMILES string of the molecule is CNCc1nc(-n2nc(C)nc2C)ccc1Cl. The van der Waals surface area contributed by atoms with E-state index < -0.39 is 0 Å². The smallest absolute Gasteiger partial charge is 0.155 e. The predicted octanol–water partition coefficient (Wildman–Crippen LogP) is 1.65. The summed E-state index contributed by atoms with van der Waals surface area (Å²) in [6, 6.07) is 3.66. The Balaban J connectivity index is 2.46. The van der Waals surface area contributed by atoms with E-state index in [0.29, 0.717) is 11.6 Å². The fourth-order valence-electron chi connectivity index (χ4n) is 1.62. The van der Waals surface area contributed by atoms with Crippen LogP contribution in [0.3, 0.4) is 0 Å². The lowest BCUT2D eigenvalue weighted by Crippen LogP contribution is -2.10. The van der Waals surface area contributed by atoms with Crippen LogP contribution in [0.1, 0.15) is 17.3 Å². The maximum atomic E-state index is 6.06. The molecule has 5 nitrogen and oxygen atoms in total. The van der Waals surface area contributed by atoms with E-state index >= 15 is 0 Å². The van der Waals surface area contributed by atoms with Crippen molar-refractivity contribution in [3.05, 3.63) is 34.5 Å². The lowest BCUT2D eigenvalue weighted by molar-refractivity contribution is 0.758. The number of halogens is 1. The number of aryl methyl sites for hydroxylation is 2. The van der Waals surface area contributed by atoms with E-state index in [4.69, 9.17) is 11.6 Å². The summed E-state index contributed by atoms with van der Waals surface area (Å²) >= 11 is 6.06. The number of nitrogens with zero attached hydrogens (tertiary/aromatic N) is 4. The molecule has 1 N–H and O–H groups in total. The van der Waals surface area contributed by atoms with Gasteiger partial charge in [0.2, 0.25) is 0 Å². The highest BCUT2D eigenvalue weighted by molar-refractivity contribution is 6.31. The second-order valence-electron chi connectivity index (χ2n) is 3.75. The molecule has 0 saturated carbocycles. The fraction of sp³-hybridized carbons (Fsp3) is 0.364. The van der Waals surface area contributed by atoms with Crippen LogP contribution < -0.4 is 5.32 Å². The van der Waals surface area contributed by atoms with Crippen LogP contribution in [0.4, 0.5) is 0 Å². The molecule has 0 aromatic carbocycles. The van der Waals surface area contributed by atoms with Gasteiger partial charge >= 0.3 is 0 Å². The van der Waals surface area contributed by atoms with Crippen molar-refractivity contribution in [3.8, 4) is 5.82 Å². The number of hydrogen-bond donors (Lipinski definition) is 1. The summed E-state index contributed by atoms with van der Waals surface area (Å²) in [5.74, 6) is 2.28. The zero-order valence-electron chi connectivity index (χ0n) is 10.0. The monoisotopic (exact) mass is 251 g/mol. The molecule has 2 aromatic rings. The number of aromatic nitrogens is 4. The van der Waals surface area contributed by atoms with Crippen LogP contribution in [-0.2, 0) is 6.54 Å². The third-order valence-corrected chi connectivity index (χ3v) is 2.68. The first-order chi connectivity index (χ1) is 8.11. The fourth-order valence-corrected chi connectivity index (χ4v) is 1.79. The van der Waals surface area contributed by atoms with Crippen LogP contribution >= 0.6 is 11.6 Å². The number of nitrogens with one attached hydrogen (secondary N) is 1. The Bertz CT molecular complexity index is 535. The second-order valence-corrected chi connectivity index (χ2v) is 4.15. The Morgan fingerprint density at radius 1 is 1.29 bits per heavy atom. The average Bonchev–Trinajstić information content (AvgIpc) is 2.61. The largest absolute Gasteiger partial charge is 0.314 e. The third-order valence-electron chi connectivity index (χ3n) is 2.34. The van der Waals surface area contributed by atoms with Gasteiger partial charge in [0.05, 0.1) is 10.7 Å². The van der Waals surface area contributed by atoms with Crippen LogP contribution in [0.2, 0.25) is 5.02 Å². The molecule has 0 aliphatic carbocycles. The van der Waals surface area contributed by atoms with E-state index in [1.54, 1.807) is 4.68 Å². The lowest BCUT2D eigenvalue weighted by atomic mass is 10.3. The van der Waals surface area contributed by atoms with Crippen LogP contribution in [-0.4, -0.2) is 26.8 Å². The molecule has 0 bridgehead atoms. The van der Waals surface area contributed by atoms with Crippen molar-refractivity contribution in [3.63, 3.8) is 0 Å². The van der Waals surface area contributed by atoms with Crippen molar-refractivity contribution in [2.24, 2.45) is 0 Å². The van der Waals surface area contributed by atoms with Crippen LogP contribution in [0.25, 0.3) is 5.82 Å². The predicted molar refractivity (Wildman–Crippen MR) is 66.4 cm³/mol. The molecule has 6 heteroatoms. The molecule has 0 aliphatic rings. The summed E-state index contributed by atoms with van der Waals surface area (Å²) in [6.07, 6.45) is 0.